The molecule has 0 fully saturated rings. The van der Waals surface area contributed by atoms with Crippen LogP contribution >= 0.6 is 11.6 Å². The molecular weight excluding hydrogens is 364 g/mol. The molecular formula is C21H25ClN2O3. The second-order valence-corrected chi connectivity index (χ2v) is 6.65. The number of halogens is 1. The van der Waals surface area contributed by atoms with Crippen LogP contribution in [-0.4, -0.2) is 35.9 Å². The maximum absolute atomic E-state index is 12.5. The van der Waals surface area contributed by atoms with E-state index in [9.17, 15) is 9.59 Å². The monoisotopic (exact) mass is 388 g/mol. The van der Waals surface area contributed by atoms with E-state index in [0.717, 1.165) is 5.56 Å². The molecule has 27 heavy (non-hydrogen) atoms. The second kappa shape index (κ2) is 9.42. The van der Waals surface area contributed by atoms with Gasteiger partial charge in [-0.15, -0.1) is 0 Å². The molecule has 1 atom stereocenters. The van der Waals surface area contributed by atoms with Crippen molar-refractivity contribution in [2.24, 2.45) is 0 Å². The minimum atomic E-state index is -0.744. The highest BCUT2D eigenvalue weighted by Gasteiger charge is 2.18. The third-order valence-corrected chi connectivity index (χ3v) is 4.50. The van der Waals surface area contributed by atoms with Crippen LogP contribution in [0.3, 0.4) is 0 Å². The molecule has 2 rings (SSSR count). The zero-order chi connectivity index (χ0) is 20.0. The number of hydrogen-bond donors (Lipinski definition) is 1. The minimum absolute atomic E-state index is 0.0630. The Balaban J connectivity index is 2.08. The Bertz CT molecular complexity index is 819. The summed E-state index contributed by atoms with van der Waals surface area (Å²) < 4.78 is 5.69. The van der Waals surface area contributed by atoms with Gasteiger partial charge in [-0.25, -0.2) is 0 Å². The van der Waals surface area contributed by atoms with E-state index in [2.05, 4.69) is 5.32 Å². The molecule has 0 radical (unpaired) electrons. The van der Waals surface area contributed by atoms with Crippen molar-refractivity contribution in [3.8, 4) is 5.75 Å². The number of anilines is 1. The van der Waals surface area contributed by atoms with Crippen LogP contribution in [0.25, 0.3) is 0 Å². The summed E-state index contributed by atoms with van der Waals surface area (Å²) in [5.41, 5.74) is 2.07. The van der Waals surface area contributed by atoms with Crippen LogP contribution in [0.4, 0.5) is 5.69 Å². The molecule has 0 spiro atoms. The summed E-state index contributed by atoms with van der Waals surface area (Å²) in [6, 6.07) is 12.3. The van der Waals surface area contributed by atoms with Crippen LogP contribution in [-0.2, 0) is 4.79 Å². The Morgan fingerprint density at radius 3 is 2.52 bits per heavy atom. The van der Waals surface area contributed by atoms with Gasteiger partial charge in [0, 0.05) is 24.3 Å². The highest BCUT2D eigenvalue weighted by Crippen LogP contribution is 2.26. The number of rotatable bonds is 7. The predicted molar refractivity (Wildman–Crippen MR) is 109 cm³/mol. The molecule has 0 aliphatic heterocycles. The van der Waals surface area contributed by atoms with Crippen molar-refractivity contribution in [2.75, 3.05) is 18.4 Å². The van der Waals surface area contributed by atoms with Crippen LogP contribution in [0.1, 0.15) is 36.7 Å². The Labute approximate surface area is 165 Å². The van der Waals surface area contributed by atoms with Crippen molar-refractivity contribution >= 4 is 29.1 Å². The first kappa shape index (κ1) is 20.8. The van der Waals surface area contributed by atoms with Gasteiger partial charge < -0.3 is 15.0 Å². The third kappa shape index (κ3) is 5.47. The number of carbonyl (C=O) groups is 2. The molecule has 1 unspecified atom stereocenters. The summed E-state index contributed by atoms with van der Waals surface area (Å²) in [4.78, 5) is 26.7. The van der Waals surface area contributed by atoms with Gasteiger partial charge in [0.25, 0.3) is 11.8 Å². The fourth-order valence-electron chi connectivity index (χ4n) is 2.61. The molecule has 0 aliphatic carbocycles. The summed E-state index contributed by atoms with van der Waals surface area (Å²) in [6.07, 6.45) is -0.744. The maximum atomic E-state index is 12.5. The number of benzene rings is 2. The van der Waals surface area contributed by atoms with Gasteiger partial charge >= 0.3 is 0 Å². The van der Waals surface area contributed by atoms with Crippen molar-refractivity contribution in [1.82, 2.24) is 4.90 Å². The molecule has 0 saturated carbocycles. The Morgan fingerprint density at radius 1 is 1.15 bits per heavy atom. The van der Waals surface area contributed by atoms with Crippen molar-refractivity contribution < 1.29 is 14.3 Å². The van der Waals surface area contributed by atoms with E-state index in [4.69, 9.17) is 16.3 Å². The molecule has 5 nitrogen and oxygen atoms in total. The second-order valence-electron chi connectivity index (χ2n) is 6.24. The minimum Gasteiger partial charge on any atom is -0.479 e. The van der Waals surface area contributed by atoms with E-state index in [1.165, 1.54) is 0 Å². The lowest BCUT2D eigenvalue weighted by Crippen LogP contribution is -2.31. The van der Waals surface area contributed by atoms with Gasteiger partial charge in [0.15, 0.2) is 6.10 Å². The molecule has 2 aromatic carbocycles. The largest absolute Gasteiger partial charge is 0.479 e. The lowest BCUT2D eigenvalue weighted by molar-refractivity contribution is -0.122. The number of nitrogens with zero attached hydrogens (tertiary/aromatic N) is 1. The van der Waals surface area contributed by atoms with Crippen molar-refractivity contribution in [3.63, 3.8) is 0 Å². The number of aryl methyl sites for hydroxylation is 1. The molecule has 0 heterocycles. The fraction of sp³-hybridized carbons (Fsp3) is 0.333. The number of hydrogen-bond acceptors (Lipinski definition) is 3. The quantitative estimate of drug-likeness (QED) is 0.757. The van der Waals surface area contributed by atoms with Gasteiger partial charge in [0.2, 0.25) is 0 Å². The van der Waals surface area contributed by atoms with Gasteiger partial charge in [-0.3, -0.25) is 9.59 Å². The van der Waals surface area contributed by atoms with Gasteiger partial charge in [-0.05, 0) is 63.6 Å². The summed E-state index contributed by atoms with van der Waals surface area (Å²) in [5.74, 6) is 0.0803. The first-order valence-electron chi connectivity index (χ1n) is 8.98. The Morgan fingerprint density at radius 2 is 1.85 bits per heavy atom. The lowest BCUT2D eigenvalue weighted by atomic mass is 10.1. The van der Waals surface area contributed by atoms with E-state index in [1.54, 1.807) is 48.2 Å². The maximum Gasteiger partial charge on any atom is 0.265 e. The van der Waals surface area contributed by atoms with Crippen LogP contribution < -0.4 is 10.1 Å². The Hall–Kier alpha value is -2.53. The predicted octanol–water partition coefficient (Wildman–Crippen LogP) is 4.54. The summed E-state index contributed by atoms with van der Waals surface area (Å²) in [5, 5.41) is 3.24. The number of nitrogens with one attached hydrogen (secondary N) is 1. The van der Waals surface area contributed by atoms with E-state index >= 15 is 0 Å². The molecule has 0 saturated heterocycles. The van der Waals surface area contributed by atoms with Crippen LogP contribution in [0.15, 0.2) is 42.5 Å². The van der Waals surface area contributed by atoms with E-state index in [1.807, 2.05) is 26.8 Å². The molecule has 1 N–H and O–H groups in total. The van der Waals surface area contributed by atoms with Gasteiger partial charge in [-0.2, -0.15) is 0 Å². The van der Waals surface area contributed by atoms with E-state index in [-0.39, 0.29) is 11.8 Å². The topological polar surface area (TPSA) is 58.6 Å². The zero-order valence-corrected chi connectivity index (χ0v) is 16.8. The summed E-state index contributed by atoms with van der Waals surface area (Å²) in [6.45, 7) is 8.71. The first-order chi connectivity index (χ1) is 12.8. The molecule has 0 aromatic heterocycles. The first-order valence-corrected chi connectivity index (χ1v) is 9.36. The van der Waals surface area contributed by atoms with Crippen LogP contribution in [0, 0.1) is 6.92 Å². The smallest absolute Gasteiger partial charge is 0.265 e. The van der Waals surface area contributed by atoms with Crippen LogP contribution in [0.5, 0.6) is 5.75 Å². The van der Waals surface area contributed by atoms with Crippen molar-refractivity contribution in [1.29, 1.82) is 0 Å². The number of amides is 2. The molecule has 6 heteroatoms. The van der Waals surface area contributed by atoms with Crippen LogP contribution in [0.2, 0.25) is 5.02 Å². The Kier molecular flexibility index (Phi) is 7.25. The van der Waals surface area contributed by atoms with E-state index < -0.39 is 6.10 Å². The fourth-order valence-corrected chi connectivity index (χ4v) is 2.77. The van der Waals surface area contributed by atoms with Crippen molar-refractivity contribution in [2.45, 2.75) is 33.8 Å². The normalized spacial score (nSPS) is 11.6. The number of carbonyl (C=O) groups excluding carboxylic acids is 2. The lowest BCUT2D eigenvalue weighted by Gasteiger charge is -2.19. The highest BCUT2D eigenvalue weighted by atomic mass is 35.5. The molecule has 0 bridgehead atoms. The molecule has 144 valence electrons. The third-order valence-electron chi connectivity index (χ3n) is 4.19. The van der Waals surface area contributed by atoms with Gasteiger partial charge in [0.1, 0.15) is 5.75 Å². The zero-order valence-electron chi connectivity index (χ0n) is 16.1. The molecule has 2 amide bonds. The number of ether oxygens (including phenoxy) is 1. The molecule has 2 aromatic rings. The molecule has 0 aliphatic rings. The summed E-state index contributed by atoms with van der Waals surface area (Å²) in [7, 11) is 0. The SMILES string of the molecule is CCN(CC)C(=O)c1cccc(NC(=O)C(C)Oc2cc(C)ccc2Cl)c1. The van der Waals surface area contributed by atoms with Gasteiger partial charge in [0.05, 0.1) is 5.02 Å². The van der Waals surface area contributed by atoms with E-state index in [0.29, 0.717) is 35.1 Å². The van der Waals surface area contributed by atoms with Gasteiger partial charge in [-0.1, -0.05) is 23.7 Å². The average Bonchev–Trinajstić information content (AvgIpc) is 2.65. The van der Waals surface area contributed by atoms with Crippen molar-refractivity contribution in [3.05, 3.63) is 58.6 Å². The standard InChI is InChI=1S/C21H25ClN2O3/c1-5-24(6-2)21(26)16-8-7-9-17(13-16)23-20(25)15(4)27-19-12-14(3)10-11-18(19)22/h7-13,15H,5-6H2,1-4H3,(H,23,25). The average molecular weight is 389 g/mol. The highest BCUT2D eigenvalue weighted by molar-refractivity contribution is 6.32. The summed E-state index contributed by atoms with van der Waals surface area (Å²) >= 11 is 6.12.